The Labute approximate surface area is 141 Å². The summed E-state index contributed by atoms with van der Waals surface area (Å²) in [6.45, 7) is 0. The lowest BCUT2D eigenvalue weighted by Crippen LogP contribution is -2.26. The Morgan fingerprint density at radius 2 is 1.92 bits per heavy atom. The number of halogens is 1. The summed E-state index contributed by atoms with van der Waals surface area (Å²) in [5.74, 6) is -2.16. The first kappa shape index (κ1) is 15.9. The van der Waals surface area contributed by atoms with E-state index in [2.05, 4.69) is 4.98 Å². The molecular formula is C17H13FN2O3S. The molecule has 0 aliphatic heterocycles. The van der Waals surface area contributed by atoms with Crippen LogP contribution >= 0.6 is 11.3 Å². The van der Waals surface area contributed by atoms with Gasteiger partial charge in [-0.1, -0.05) is 6.07 Å². The van der Waals surface area contributed by atoms with Gasteiger partial charge in [0.2, 0.25) is 0 Å². The topological polar surface area (TPSA) is 73.7 Å². The van der Waals surface area contributed by atoms with Crippen LogP contribution in [0.2, 0.25) is 0 Å². The number of hydrogen-bond donors (Lipinski definition) is 2. The van der Waals surface area contributed by atoms with Gasteiger partial charge in [0.05, 0.1) is 16.1 Å². The fourth-order valence-electron chi connectivity index (χ4n) is 2.20. The molecule has 2 aromatic heterocycles. The molecule has 0 aliphatic rings. The number of carbonyl (C=O) groups is 1. The van der Waals surface area contributed by atoms with E-state index < -0.39 is 23.4 Å². The average molecular weight is 344 g/mol. The maximum absolute atomic E-state index is 13.0. The molecule has 0 saturated heterocycles. The van der Waals surface area contributed by atoms with Gasteiger partial charge in [-0.25, -0.2) is 9.37 Å². The highest BCUT2D eigenvalue weighted by Crippen LogP contribution is 2.34. The lowest BCUT2D eigenvalue weighted by molar-refractivity contribution is 0.0989. The molecule has 122 valence electrons. The smallest absolute Gasteiger partial charge is 0.262 e. The molecule has 0 spiro atoms. The van der Waals surface area contributed by atoms with E-state index in [1.807, 2.05) is 11.4 Å². The molecule has 0 aliphatic carbocycles. The zero-order valence-corrected chi connectivity index (χ0v) is 13.4. The van der Waals surface area contributed by atoms with E-state index in [4.69, 9.17) is 0 Å². The Kier molecular flexibility index (Phi) is 4.18. The number of rotatable bonds is 3. The minimum atomic E-state index is -0.614. The molecule has 24 heavy (non-hydrogen) atoms. The van der Waals surface area contributed by atoms with Gasteiger partial charge < -0.3 is 15.1 Å². The van der Waals surface area contributed by atoms with Gasteiger partial charge in [-0.15, -0.1) is 11.3 Å². The third-order valence-corrected chi connectivity index (χ3v) is 4.39. The molecular weight excluding hydrogens is 331 g/mol. The van der Waals surface area contributed by atoms with Gasteiger partial charge in [0.1, 0.15) is 5.82 Å². The third kappa shape index (κ3) is 2.93. The van der Waals surface area contributed by atoms with E-state index in [-0.39, 0.29) is 5.56 Å². The lowest BCUT2D eigenvalue weighted by atomic mass is 10.1. The van der Waals surface area contributed by atoms with Gasteiger partial charge in [0.15, 0.2) is 5.75 Å². The maximum Gasteiger partial charge on any atom is 0.262 e. The summed E-state index contributed by atoms with van der Waals surface area (Å²) in [6, 6.07) is 10.4. The van der Waals surface area contributed by atoms with Crippen LogP contribution in [-0.4, -0.2) is 28.2 Å². The van der Waals surface area contributed by atoms with E-state index in [1.165, 1.54) is 53.6 Å². The summed E-state index contributed by atoms with van der Waals surface area (Å²) >= 11 is 1.40. The number of benzene rings is 1. The van der Waals surface area contributed by atoms with E-state index in [0.29, 0.717) is 11.4 Å². The average Bonchev–Trinajstić information content (AvgIpc) is 3.11. The predicted molar refractivity (Wildman–Crippen MR) is 90.0 cm³/mol. The largest absolute Gasteiger partial charge is 0.503 e. The number of pyridine rings is 1. The first-order valence-corrected chi connectivity index (χ1v) is 7.86. The number of thiophene rings is 1. The second-order valence-electron chi connectivity index (χ2n) is 5.05. The van der Waals surface area contributed by atoms with Crippen LogP contribution in [0, 0.1) is 5.82 Å². The Morgan fingerprint density at radius 3 is 2.54 bits per heavy atom. The molecule has 5 nitrogen and oxygen atoms in total. The molecule has 0 saturated carbocycles. The normalized spacial score (nSPS) is 10.6. The zero-order chi connectivity index (χ0) is 17.3. The van der Waals surface area contributed by atoms with Gasteiger partial charge in [-0.2, -0.15) is 0 Å². The molecule has 0 atom stereocenters. The summed E-state index contributed by atoms with van der Waals surface area (Å²) in [5, 5.41) is 21.7. The van der Waals surface area contributed by atoms with Crippen molar-refractivity contribution in [2.75, 3.05) is 11.9 Å². The van der Waals surface area contributed by atoms with Crippen LogP contribution in [0.15, 0.2) is 47.8 Å². The van der Waals surface area contributed by atoms with Crippen LogP contribution in [0.5, 0.6) is 11.6 Å². The first-order valence-electron chi connectivity index (χ1n) is 6.98. The fraction of sp³-hybridized carbons (Fsp3) is 0.0588. The van der Waals surface area contributed by atoms with Crippen molar-refractivity contribution < 1.29 is 19.4 Å². The van der Waals surface area contributed by atoms with Crippen LogP contribution in [-0.2, 0) is 0 Å². The predicted octanol–water partition coefficient (Wildman–Crippen LogP) is 3.64. The van der Waals surface area contributed by atoms with Gasteiger partial charge in [0, 0.05) is 12.7 Å². The summed E-state index contributed by atoms with van der Waals surface area (Å²) in [5.41, 5.74) is 0.753. The fourth-order valence-corrected chi connectivity index (χ4v) is 2.89. The Morgan fingerprint density at radius 1 is 1.21 bits per heavy atom. The van der Waals surface area contributed by atoms with Crippen LogP contribution < -0.4 is 4.90 Å². The second kappa shape index (κ2) is 6.29. The molecule has 0 bridgehead atoms. The van der Waals surface area contributed by atoms with Crippen LogP contribution in [0.4, 0.5) is 10.1 Å². The summed E-state index contributed by atoms with van der Waals surface area (Å²) < 4.78 is 13.0. The van der Waals surface area contributed by atoms with Crippen molar-refractivity contribution >= 4 is 22.9 Å². The molecule has 0 radical (unpaired) electrons. The van der Waals surface area contributed by atoms with Crippen molar-refractivity contribution in [2.24, 2.45) is 0 Å². The third-order valence-electron chi connectivity index (χ3n) is 3.50. The second-order valence-corrected chi connectivity index (χ2v) is 5.99. The SMILES string of the molecule is CN(C(=O)c1cc(-c2cccs2)nc(O)c1O)c1ccc(F)cc1. The quantitative estimate of drug-likeness (QED) is 0.761. The maximum atomic E-state index is 13.0. The van der Waals surface area contributed by atoms with Crippen LogP contribution in [0.25, 0.3) is 10.6 Å². The molecule has 3 rings (SSSR count). The molecule has 1 aromatic carbocycles. The highest BCUT2D eigenvalue weighted by molar-refractivity contribution is 7.13. The minimum absolute atomic E-state index is 0.0854. The van der Waals surface area contributed by atoms with Crippen molar-refractivity contribution in [1.82, 2.24) is 4.98 Å². The summed E-state index contributed by atoms with van der Waals surface area (Å²) in [6.07, 6.45) is 0. The highest BCUT2D eigenvalue weighted by Gasteiger charge is 2.22. The number of amides is 1. The zero-order valence-electron chi connectivity index (χ0n) is 12.6. The number of nitrogens with zero attached hydrogens (tertiary/aromatic N) is 2. The van der Waals surface area contributed by atoms with E-state index in [1.54, 1.807) is 6.07 Å². The van der Waals surface area contributed by atoms with E-state index in [9.17, 15) is 19.4 Å². The molecule has 1 amide bonds. The summed E-state index contributed by atoms with van der Waals surface area (Å²) in [7, 11) is 1.50. The Balaban J connectivity index is 2.01. The molecule has 0 fully saturated rings. The molecule has 7 heteroatoms. The van der Waals surface area contributed by atoms with Crippen molar-refractivity contribution in [2.45, 2.75) is 0 Å². The summed E-state index contributed by atoms with van der Waals surface area (Å²) in [4.78, 5) is 18.6. The van der Waals surface area contributed by atoms with Gasteiger partial charge in [-0.05, 0) is 41.8 Å². The van der Waals surface area contributed by atoms with Gasteiger partial charge in [-0.3, -0.25) is 4.79 Å². The van der Waals surface area contributed by atoms with E-state index in [0.717, 1.165) is 4.88 Å². The van der Waals surface area contributed by atoms with Crippen molar-refractivity contribution in [3.8, 4) is 22.2 Å². The standard InChI is InChI=1S/C17H13FN2O3S/c1-20(11-6-4-10(18)5-7-11)17(23)12-9-13(14-3-2-8-24-14)19-16(22)15(12)21/h2-9,21H,1H3,(H,19,22). The molecule has 2 N–H and O–H groups in total. The lowest BCUT2D eigenvalue weighted by Gasteiger charge is -2.18. The van der Waals surface area contributed by atoms with Crippen LogP contribution in [0.1, 0.15) is 10.4 Å². The Bertz CT molecular complexity index is 880. The highest BCUT2D eigenvalue weighted by atomic mass is 32.1. The van der Waals surface area contributed by atoms with Gasteiger partial charge >= 0.3 is 0 Å². The van der Waals surface area contributed by atoms with Crippen molar-refractivity contribution in [3.63, 3.8) is 0 Å². The first-order chi connectivity index (χ1) is 11.5. The molecule has 3 aromatic rings. The monoisotopic (exact) mass is 344 g/mol. The number of aromatic nitrogens is 1. The number of aromatic hydroxyl groups is 2. The van der Waals surface area contributed by atoms with Crippen LogP contribution in [0.3, 0.4) is 0 Å². The van der Waals surface area contributed by atoms with Crippen molar-refractivity contribution in [1.29, 1.82) is 0 Å². The molecule has 2 heterocycles. The van der Waals surface area contributed by atoms with Crippen molar-refractivity contribution in [3.05, 3.63) is 59.2 Å². The number of carbonyl (C=O) groups excluding carboxylic acids is 1. The Hall–Kier alpha value is -2.93. The number of anilines is 1. The number of hydrogen-bond acceptors (Lipinski definition) is 5. The minimum Gasteiger partial charge on any atom is -0.503 e. The van der Waals surface area contributed by atoms with E-state index >= 15 is 0 Å². The van der Waals surface area contributed by atoms with Gasteiger partial charge in [0.25, 0.3) is 11.8 Å². The molecule has 0 unspecified atom stereocenters.